The predicted molar refractivity (Wildman–Crippen MR) is 125 cm³/mol. The first kappa shape index (κ1) is 31.1. The predicted octanol–water partition coefficient (Wildman–Crippen LogP) is -3.56. The first-order chi connectivity index (χ1) is 15.9. The van der Waals surface area contributed by atoms with Gasteiger partial charge in [0, 0.05) is 18.6 Å². The molecule has 0 aliphatic heterocycles. The fourth-order valence-electron chi connectivity index (χ4n) is 2.75. The van der Waals surface area contributed by atoms with E-state index in [1.165, 1.54) is 0 Å². The molecule has 0 aromatic carbocycles. The Bertz CT molecular complexity index is 738. The molecule has 0 aliphatic rings. The molecule has 0 radical (unpaired) electrons. The molecule has 0 spiro atoms. The molecule has 14 nitrogen and oxygen atoms in total. The number of hydrogen-bond acceptors (Lipinski definition) is 9. The molecule has 15 heteroatoms. The Kier molecular flexibility index (Phi) is 15.2. The lowest BCUT2D eigenvalue weighted by molar-refractivity contribution is -0.141. The molecule has 0 aromatic rings. The molecule has 0 saturated carbocycles. The van der Waals surface area contributed by atoms with E-state index < -0.39 is 59.7 Å². The Hall–Kier alpha value is -2.91. The van der Waals surface area contributed by atoms with Crippen LogP contribution in [0.3, 0.4) is 0 Å². The van der Waals surface area contributed by atoms with Crippen LogP contribution in [-0.4, -0.2) is 77.1 Å². The van der Waals surface area contributed by atoms with Crippen molar-refractivity contribution in [3.63, 3.8) is 0 Å². The molecule has 0 bridgehead atoms. The number of primary amides is 2. The van der Waals surface area contributed by atoms with E-state index in [9.17, 15) is 28.8 Å². The number of hydrogen-bond donors (Lipinski definition) is 9. The molecule has 0 saturated heterocycles. The fourth-order valence-corrected chi connectivity index (χ4v) is 3.00. The van der Waals surface area contributed by atoms with E-state index >= 15 is 0 Å². The van der Waals surface area contributed by atoms with E-state index in [-0.39, 0.29) is 37.9 Å². The van der Waals surface area contributed by atoms with Crippen LogP contribution in [0.1, 0.15) is 44.9 Å². The zero-order valence-electron chi connectivity index (χ0n) is 18.8. The van der Waals surface area contributed by atoms with Gasteiger partial charge >= 0.3 is 5.97 Å². The summed E-state index contributed by atoms with van der Waals surface area (Å²) >= 11 is 3.86. The van der Waals surface area contributed by atoms with Gasteiger partial charge in [-0.2, -0.15) is 12.6 Å². The number of aliphatic carboxylic acids is 1. The summed E-state index contributed by atoms with van der Waals surface area (Å²) < 4.78 is 0. The highest BCUT2D eigenvalue weighted by atomic mass is 32.1. The number of carbonyl (C=O) groups is 6. The molecular weight excluding hydrogens is 470 g/mol. The standard InChI is InChI=1S/C19H35N7O7S/c20-8-2-1-3-11(24-16(29)10(21)4-6-14(22)27)17(30)25-12(5-7-15(23)28)18(31)26-13(9-34)19(32)33/h10-13,34H,1-9,20-21H2,(H2,22,27)(H2,23,28)(H,24,29)(H,25,30)(H,26,31)(H,32,33). The molecular formula is C19H35N7O7S. The molecule has 0 aromatic heterocycles. The Morgan fingerprint density at radius 2 is 1.21 bits per heavy atom. The van der Waals surface area contributed by atoms with E-state index in [0.717, 1.165) is 0 Å². The van der Waals surface area contributed by atoms with E-state index in [0.29, 0.717) is 19.4 Å². The maximum Gasteiger partial charge on any atom is 0.327 e. The number of thiol groups is 1. The van der Waals surface area contributed by atoms with Gasteiger partial charge in [-0.1, -0.05) is 0 Å². The second-order valence-corrected chi connectivity index (χ2v) is 7.97. The summed E-state index contributed by atoms with van der Waals surface area (Å²) in [4.78, 5) is 71.2. The molecule has 0 aliphatic carbocycles. The van der Waals surface area contributed by atoms with Crippen molar-refractivity contribution in [3.8, 4) is 0 Å². The van der Waals surface area contributed by atoms with Crippen LogP contribution >= 0.6 is 12.6 Å². The third-order valence-electron chi connectivity index (χ3n) is 4.73. The quantitative estimate of drug-likeness (QED) is 0.0658. The molecule has 4 unspecified atom stereocenters. The van der Waals surface area contributed by atoms with Crippen LogP contribution in [0.4, 0.5) is 0 Å². The van der Waals surface area contributed by atoms with Gasteiger partial charge in [0.05, 0.1) is 6.04 Å². The van der Waals surface area contributed by atoms with Gasteiger partial charge in [-0.25, -0.2) is 4.79 Å². The van der Waals surface area contributed by atoms with Gasteiger partial charge in [-0.3, -0.25) is 24.0 Å². The summed E-state index contributed by atoms with van der Waals surface area (Å²) in [6.45, 7) is 0.352. The van der Waals surface area contributed by atoms with Crippen molar-refractivity contribution in [2.45, 2.75) is 69.1 Å². The normalized spacial score (nSPS) is 14.2. The van der Waals surface area contributed by atoms with Crippen molar-refractivity contribution in [1.29, 1.82) is 0 Å². The van der Waals surface area contributed by atoms with Crippen molar-refractivity contribution in [1.82, 2.24) is 16.0 Å². The van der Waals surface area contributed by atoms with Gasteiger partial charge < -0.3 is 44.0 Å². The minimum absolute atomic E-state index is 0.0255. The minimum atomic E-state index is -1.33. The second kappa shape index (κ2) is 16.7. The van der Waals surface area contributed by atoms with Crippen molar-refractivity contribution >= 4 is 48.1 Å². The summed E-state index contributed by atoms with van der Waals surface area (Å²) in [5, 5.41) is 16.2. The number of nitrogens with two attached hydrogens (primary N) is 4. The van der Waals surface area contributed by atoms with E-state index in [2.05, 4.69) is 28.6 Å². The molecule has 5 amide bonds. The van der Waals surface area contributed by atoms with Crippen molar-refractivity contribution in [2.24, 2.45) is 22.9 Å². The zero-order chi connectivity index (χ0) is 26.3. The average Bonchev–Trinajstić information content (AvgIpc) is 2.76. The lowest BCUT2D eigenvalue weighted by Gasteiger charge is -2.25. The lowest BCUT2D eigenvalue weighted by atomic mass is 10.0. The van der Waals surface area contributed by atoms with Crippen LogP contribution in [-0.2, 0) is 28.8 Å². The lowest BCUT2D eigenvalue weighted by Crippen LogP contribution is -2.57. The Balaban J connectivity index is 5.46. The Labute approximate surface area is 202 Å². The Morgan fingerprint density at radius 1 is 0.735 bits per heavy atom. The number of unbranched alkanes of at least 4 members (excludes halogenated alkanes) is 1. The van der Waals surface area contributed by atoms with Crippen LogP contribution in [0.2, 0.25) is 0 Å². The van der Waals surface area contributed by atoms with Crippen molar-refractivity contribution in [2.75, 3.05) is 12.3 Å². The van der Waals surface area contributed by atoms with E-state index in [4.69, 9.17) is 28.0 Å². The van der Waals surface area contributed by atoms with Crippen LogP contribution in [0.5, 0.6) is 0 Å². The highest BCUT2D eigenvalue weighted by Crippen LogP contribution is 2.06. The summed E-state index contributed by atoms with van der Waals surface area (Å²) in [6, 6.07) is -4.84. The number of rotatable bonds is 18. The monoisotopic (exact) mass is 505 g/mol. The number of nitrogens with one attached hydrogen (secondary N) is 3. The highest BCUT2D eigenvalue weighted by molar-refractivity contribution is 7.80. The summed E-state index contributed by atoms with van der Waals surface area (Å²) in [6.07, 6.45) is 0.569. The Morgan fingerprint density at radius 3 is 1.68 bits per heavy atom. The van der Waals surface area contributed by atoms with Gasteiger partial charge in [0.15, 0.2) is 0 Å². The number of carboxylic acid groups (broad SMARTS) is 1. The summed E-state index contributed by atoms with van der Waals surface area (Å²) in [7, 11) is 0. The number of carboxylic acids is 1. The number of amides is 5. The third kappa shape index (κ3) is 13.0. The summed E-state index contributed by atoms with van der Waals surface area (Å²) in [5.41, 5.74) is 21.4. The third-order valence-corrected chi connectivity index (χ3v) is 5.09. The van der Waals surface area contributed by atoms with Crippen LogP contribution in [0.25, 0.3) is 0 Å². The van der Waals surface area contributed by atoms with Crippen LogP contribution in [0.15, 0.2) is 0 Å². The molecule has 12 N–H and O–H groups in total. The highest BCUT2D eigenvalue weighted by Gasteiger charge is 2.30. The molecule has 4 atom stereocenters. The fraction of sp³-hybridized carbons (Fsp3) is 0.684. The van der Waals surface area contributed by atoms with Gasteiger partial charge in [0.2, 0.25) is 29.5 Å². The molecule has 0 rings (SSSR count). The molecule has 0 heterocycles. The van der Waals surface area contributed by atoms with E-state index in [1.807, 2.05) is 0 Å². The van der Waals surface area contributed by atoms with Gasteiger partial charge in [0.25, 0.3) is 0 Å². The minimum Gasteiger partial charge on any atom is -0.480 e. The molecule has 34 heavy (non-hydrogen) atoms. The largest absolute Gasteiger partial charge is 0.480 e. The van der Waals surface area contributed by atoms with E-state index in [1.54, 1.807) is 0 Å². The SMILES string of the molecule is NCCCCC(NC(=O)C(N)CCC(N)=O)C(=O)NC(CCC(N)=O)C(=O)NC(CS)C(=O)O. The second-order valence-electron chi connectivity index (χ2n) is 7.61. The van der Waals surface area contributed by atoms with Crippen molar-refractivity contribution in [3.05, 3.63) is 0 Å². The molecule has 0 fully saturated rings. The van der Waals surface area contributed by atoms with Gasteiger partial charge in [-0.05, 0) is 38.6 Å². The molecule has 194 valence electrons. The number of carbonyl (C=O) groups excluding carboxylic acids is 5. The van der Waals surface area contributed by atoms with Gasteiger partial charge in [-0.15, -0.1) is 0 Å². The maximum absolute atomic E-state index is 12.9. The first-order valence-electron chi connectivity index (χ1n) is 10.7. The zero-order valence-corrected chi connectivity index (χ0v) is 19.7. The first-order valence-corrected chi connectivity index (χ1v) is 11.3. The van der Waals surface area contributed by atoms with Crippen LogP contribution in [0, 0.1) is 0 Å². The smallest absolute Gasteiger partial charge is 0.327 e. The van der Waals surface area contributed by atoms with Crippen LogP contribution < -0.4 is 38.9 Å². The maximum atomic E-state index is 12.9. The van der Waals surface area contributed by atoms with Gasteiger partial charge in [0.1, 0.15) is 18.1 Å². The average molecular weight is 506 g/mol. The summed E-state index contributed by atoms with van der Waals surface area (Å²) in [5.74, 6) is -5.23. The topological polar surface area (TPSA) is 263 Å². The van der Waals surface area contributed by atoms with Crippen molar-refractivity contribution < 1.29 is 33.9 Å².